The Kier molecular flexibility index (Phi) is 2.91. The maximum absolute atomic E-state index is 13.9. The number of guanidine groups is 1. The maximum Gasteiger partial charge on any atom is 0.196 e. The lowest BCUT2D eigenvalue weighted by Crippen LogP contribution is -2.45. The molecular formula is C13H16FN3O. The molecule has 0 bridgehead atoms. The van der Waals surface area contributed by atoms with Crippen molar-refractivity contribution in [3.8, 4) is 0 Å². The molecule has 4 nitrogen and oxygen atoms in total. The maximum atomic E-state index is 13.9. The minimum Gasteiger partial charge on any atom is -0.381 e. The molecule has 1 aromatic carbocycles. The zero-order chi connectivity index (χ0) is 12.5. The number of para-hydroxylation sites is 1. The first-order chi connectivity index (χ1) is 8.77. The predicted octanol–water partition coefficient (Wildman–Crippen LogP) is 1.37. The van der Waals surface area contributed by atoms with Gasteiger partial charge in [0.2, 0.25) is 0 Å². The second-order valence-electron chi connectivity index (χ2n) is 4.71. The Morgan fingerprint density at radius 3 is 2.94 bits per heavy atom. The van der Waals surface area contributed by atoms with Gasteiger partial charge in [0.1, 0.15) is 5.82 Å². The molecule has 2 heterocycles. The van der Waals surface area contributed by atoms with E-state index in [0.29, 0.717) is 30.7 Å². The van der Waals surface area contributed by atoms with Gasteiger partial charge in [-0.05, 0) is 18.6 Å². The summed E-state index contributed by atoms with van der Waals surface area (Å²) in [6.45, 7) is 2.10. The molecular weight excluding hydrogens is 233 g/mol. The molecule has 0 aliphatic carbocycles. The fourth-order valence-corrected chi connectivity index (χ4v) is 2.68. The first-order valence-electron chi connectivity index (χ1n) is 6.19. The van der Waals surface area contributed by atoms with E-state index in [4.69, 9.17) is 10.5 Å². The van der Waals surface area contributed by atoms with E-state index >= 15 is 0 Å². The van der Waals surface area contributed by atoms with Gasteiger partial charge < -0.3 is 15.4 Å². The van der Waals surface area contributed by atoms with E-state index in [1.165, 1.54) is 6.07 Å². The van der Waals surface area contributed by atoms with Crippen LogP contribution in [-0.4, -0.2) is 31.8 Å². The first-order valence-corrected chi connectivity index (χ1v) is 6.19. The Bertz CT molecular complexity index is 471. The van der Waals surface area contributed by atoms with Crippen molar-refractivity contribution in [1.29, 1.82) is 0 Å². The number of aliphatic imine (C=N–C) groups is 1. The Labute approximate surface area is 105 Å². The number of benzene rings is 1. The number of nitrogens with zero attached hydrogens (tertiary/aromatic N) is 2. The Morgan fingerprint density at radius 1 is 1.39 bits per heavy atom. The summed E-state index contributed by atoms with van der Waals surface area (Å²) in [5, 5.41) is 0. The lowest BCUT2D eigenvalue weighted by atomic mass is 9.98. The van der Waals surface area contributed by atoms with Crippen molar-refractivity contribution in [2.45, 2.75) is 12.5 Å². The lowest BCUT2D eigenvalue weighted by molar-refractivity contribution is 0.182. The smallest absolute Gasteiger partial charge is 0.196 e. The number of nitrogens with two attached hydrogens (primary N) is 1. The van der Waals surface area contributed by atoms with Crippen molar-refractivity contribution in [2.75, 3.05) is 24.7 Å². The lowest BCUT2D eigenvalue weighted by Gasteiger charge is -2.30. The van der Waals surface area contributed by atoms with E-state index in [1.807, 2.05) is 11.0 Å². The van der Waals surface area contributed by atoms with Crippen LogP contribution in [0.1, 0.15) is 6.42 Å². The molecule has 0 saturated carbocycles. The van der Waals surface area contributed by atoms with Gasteiger partial charge in [0, 0.05) is 12.5 Å². The molecule has 2 unspecified atom stereocenters. The summed E-state index contributed by atoms with van der Waals surface area (Å²) in [6.07, 6.45) is 0.985. The van der Waals surface area contributed by atoms with E-state index in [9.17, 15) is 4.39 Å². The van der Waals surface area contributed by atoms with Crippen LogP contribution in [0.15, 0.2) is 29.3 Å². The molecule has 1 fully saturated rings. The highest BCUT2D eigenvalue weighted by Crippen LogP contribution is 2.30. The predicted molar refractivity (Wildman–Crippen MR) is 68.1 cm³/mol. The molecule has 3 rings (SSSR count). The molecule has 2 aliphatic rings. The van der Waals surface area contributed by atoms with Crippen molar-refractivity contribution in [2.24, 2.45) is 16.6 Å². The van der Waals surface area contributed by atoms with Crippen LogP contribution in [0.2, 0.25) is 0 Å². The van der Waals surface area contributed by atoms with E-state index < -0.39 is 0 Å². The Morgan fingerprint density at radius 2 is 2.22 bits per heavy atom. The molecule has 2 atom stereocenters. The molecule has 2 aliphatic heterocycles. The van der Waals surface area contributed by atoms with Crippen LogP contribution in [-0.2, 0) is 4.74 Å². The first kappa shape index (κ1) is 11.5. The van der Waals surface area contributed by atoms with Gasteiger partial charge in [0.15, 0.2) is 5.96 Å². The van der Waals surface area contributed by atoms with Crippen molar-refractivity contribution < 1.29 is 9.13 Å². The van der Waals surface area contributed by atoms with Gasteiger partial charge in [-0.2, -0.15) is 0 Å². The van der Waals surface area contributed by atoms with Gasteiger partial charge in [-0.15, -0.1) is 0 Å². The quantitative estimate of drug-likeness (QED) is 0.861. The minimum atomic E-state index is -0.263. The highest BCUT2D eigenvalue weighted by atomic mass is 19.1. The van der Waals surface area contributed by atoms with Crippen LogP contribution in [0, 0.1) is 11.7 Å². The third-order valence-electron chi connectivity index (χ3n) is 3.64. The van der Waals surface area contributed by atoms with Crippen molar-refractivity contribution in [3.63, 3.8) is 0 Å². The number of ether oxygens (including phenoxy) is 1. The summed E-state index contributed by atoms with van der Waals surface area (Å²) in [5.41, 5.74) is 6.41. The van der Waals surface area contributed by atoms with E-state index in [-0.39, 0.29) is 11.9 Å². The summed E-state index contributed by atoms with van der Waals surface area (Å²) in [6, 6.07) is 6.79. The van der Waals surface area contributed by atoms with E-state index in [0.717, 1.165) is 13.0 Å². The number of hydrogen-bond acceptors (Lipinski definition) is 4. The summed E-state index contributed by atoms with van der Waals surface area (Å²) in [4.78, 5) is 6.07. The molecule has 1 aromatic rings. The average molecular weight is 249 g/mol. The van der Waals surface area contributed by atoms with Gasteiger partial charge in [0.05, 0.1) is 24.9 Å². The van der Waals surface area contributed by atoms with Crippen LogP contribution in [0.3, 0.4) is 0 Å². The standard InChI is InChI=1S/C13H16FN3O/c14-10-3-1-2-4-11(10)17-12(7-16-13(17)15)9-5-6-18-8-9/h1-4,9,12H,5-8H2,(H2,15,16). The average Bonchev–Trinajstić information content (AvgIpc) is 2.99. The third-order valence-corrected chi connectivity index (χ3v) is 3.64. The van der Waals surface area contributed by atoms with Crippen LogP contribution in [0.25, 0.3) is 0 Å². The fraction of sp³-hybridized carbons (Fsp3) is 0.462. The zero-order valence-corrected chi connectivity index (χ0v) is 10.1. The number of hydrogen-bond donors (Lipinski definition) is 1. The monoisotopic (exact) mass is 249 g/mol. The van der Waals surface area contributed by atoms with Crippen molar-refractivity contribution in [1.82, 2.24) is 0 Å². The molecule has 0 radical (unpaired) electrons. The van der Waals surface area contributed by atoms with E-state index in [1.54, 1.807) is 12.1 Å². The summed E-state index contributed by atoms with van der Waals surface area (Å²) < 4.78 is 19.3. The molecule has 1 saturated heterocycles. The molecule has 96 valence electrons. The van der Waals surface area contributed by atoms with Gasteiger partial charge in [-0.1, -0.05) is 12.1 Å². The summed E-state index contributed by atoms with van der Waals surface area (Å²) in [5.74, 6) is 0.507. The van der Waals surface area contributed by atoms with Crippen LogP contribution in [0.5, 0.6) is 0 Å². The largest absolute Gasteiger partial charge is 0.381 e. The molecule has 0 amide bonds. The SMILES string of the molecule is NC1=NCC(C2CCOC2)N1c1ccccc1F. The van der Waals surface area contributed by atoms with Gasteiger partial charge in [-0.3, -0.25) is 4.99 Å². The second kappa shape index (κ2) is 4.57. The van der Waals surface area contributed by atoms with Crippen LogP contribution >= 0.6 is 0 Å². The molecule has 0 spiro atoms. The number of halogens is 1. The van der Waals surface area contributed by atoms with E-state index in [2.05, 4.69) is 4.99 Å². The minimum absolute atomic E-state index is 0.115. The highest BCUT2D eigenvalue weighted by molar-refractivity contribution is 5.97. The number of anilines is 1. The molecule has 5 heteroatoms. The van der Waals surface area contributed by atoms with Gasteiger partial charge >= 0.3 is 0 Å². The van der Waals surface area contributed by atoms with Crippen LogP contribution < -0.4 is 10.6 Å². The highest BCUT2D eigenvalue weighted by Gasteiger charge is 2.36. The fourth-order valence-electron chi connectivity index (χ4n) is 2.68. The summed E-state index contributed by atoms with van der Waals surface area (Å²) in [7, 11) is 0. The van der Waals surface area contributed by atoms with Gasteiger partial charge in [0.25, 0.3) is 0 Å². The van der Waals surface area contributed by atoms with Crippen LogP contribution in [0.4, 0.5) is 10.1 Å². The van der Waals surface area contributed by atoms with Crippen molar-refractivity contribution in [3.05, 3.63) is 30.1 Å². The Balaban J connectivity index is 1.92. The third kappa shape index (κ3) is 1.84. The normalized spacial score (nSPS) is 27.6. The summed E-state index contributed by atoms with van der Waals surface area (Å²) >= 11 is 0. The zero-order valence-electron chi connectivity index (χ0n) is 10.1. The number of rotatable bonds is 2. The second-order valence-corrected chi connectivity index (χ2v) is 4.71. The Hall–Kier alpha value is -1.62. The van der Waals surface area contributed by atoms with Crippen molar-refractivity contribution >= 4 is 11.6 Å². The molecule has 0 aromatic heterocycles. The molecule has 2 N–H and O–H groups in total. The topological polar surface area (TPSA) is 50.9 Å². The van der Waals surface area contributed by atoms with Gasteiger partial charge in [-0.25, -0.2) is 4.39 Å². The molecule has 18 heavy (non-hydrogen) atoms.